The molecule has 3 aromatic carbocycles. The number of carbonyl (C=O) groups is 1. The van der Waals surface area contributed by atoms with Gasteiger partial charge in [0.25, 0.3) is 5.91 Å². The number of hydrogen-bond donors (Lipinski definition) is 1. The van der Waals surface area contributed by atoms with Crippen LogP contribution in [0.25, 0.3) is 0 Å². The Morgan fingerprint density at radius 1 is 0.929 bits per heavy atom. The van der Waals surface area contributed by atoms with Crippen molar-refractivity contribution in [2.45, 2.75) is 6.54 Å². The van der Waals surface area contributed by atoms with Crippen molar-refractivity contribution < 1.29 is 13.2 Å². The molecule has 0 aliphatic carbocycles. The zero-order valence-electron chi connectivity index (χ0n) is 15.2. The van der Waals surface area contributed by atoms with Crippen molar-refractivity contribution in [2.24, 2.45) is 0 Å². The summed E-state index contributed by atoms with van der Waals surface area (Å²) >= 11 is 2.22. The number of nitrogens with one attached hydrogen (secondary N) is 1. The minimum Gasteiger partial charge on any atom is -0.348 e. The lowest BCUT2D eigenvalue weighted by atomic mass is 10.1. The quantitative estimate of drug-likeness (QED) is 0.507. The third kappa shape index (κ3) is 4.90. The average molecular weight is 506 g/mol. The molecule has 0 unspecified atom stereocenters. The van der Waals surface area contributed by atoms with E-state index in [0.717, 1.165) is 15.4 Å². The summed E-state index contributed by atoms with van der Waals surface area (Å²) in [5, 5.41) is 2.87. The molecular weight excluding hydrogens is 487 g/mol. The van der Waals surface area contributed by atoms with Crippen LogP contribution in [0, 0.1) is 3.57 Å². The monoisotopic (exact) mass is 506 g/mol. The molecule has 0 aliphatic heterocycles. The Hall–Kier alpha value is -2.39. The summed E-state index contributed by atoms with van der Waals surface area (Å²) in [4.78, 5) is 12.8. The second-order valence-corrected chi connectivity index (χ2v) is 9.27. The summed E-state index contributed by atoms with van der Waals surface area (Å²) < 4.78 is 27.3. The average Bonchev–Trinajstić information content (AvgIpc) is 2.68. The highest BCUT2D eigenvalue weighted by Gasteiger charge is 2.24. The molecule has 0 saturated heterocycles. The molecule has 5 nitrogen and oxygen atoms in total. The first-order chi connectivity index (χ1) is 13.4. The maximum Gasteiger partial charge on any atom is 0.253 e. The largest absolute Gasteiger partial charge is 0.348 e. The lowest BCUT2D eigenvalue weighted by molar-refractivity contribution is 0.0951. The van der Waals surface area contributed by atoms with Crippen LogP contribution in [0.4, 0.5) is 11.4 Å². The van der Waals surface area contributed by atoms with Gasteiger partial charge in [0, 0.05) is 10.1 Å². The first-order valence-corrected chi connectivity index (χ1v) is 11.5. The molecule has 0 aliphatic rings. The summed E-state index contributed by atoms with van der Waals surface area (Å²) in [5.74, 6) is -0.335. The Balaban J connectivity index is 1.93. The number of sulfonamides is 1. The molecule has 0 heterocycles. The number of hydrogen-bond acceptors (Lipinski definition) is 3. The molecule has 3 aromatic rings. The standard InChI is InChI=1S/C21H19IN2O3S/c1-28(26,27)24(18-7-3-2-4-8-18)20-10-6-5-9-19(20)21(25)23-15-16-11-13-17(22)14-12-16/h2-14H,15H2,1H3,(H,23,25). The second kappa shape index (κ2) is 8.74. The van der Waals surface area contributed by atoms with E-state index in [9.17, 15) is 13.2 Å². The number of nitrogens with zero attached hydrogens (tertiary/aromatic N) is 1. The van der Waals surface area contributed by atoms with Gasteiger partial charge in [-0.25, -0.2) is 12.7 Å². The Morgan fingerprint density at radius 2 is 1.54 bits per heavy atom. The molecule has 0 spiro atoms. The molecule has 0 fully saturated rings. The summed E-state index contributed by atoms with van der Waals surface area (Å²) in [6, 6.07) is 23.2. The molecule has 7 heteroatoms. The van der Waals surface area contributed by atoms with Crippen molar-refractivity contribution in [3.63, 3.8) is 0 Å². The zero-order chi connectivity index (χ0) is 20.1. The van der Waals surface area contributed by atoms with Crippen LogP contribution in [0.3, 0.4) is 0 Å². The molecule has 144 valence electrons. The van der Waals surface area contributed by atoms with Gasteiger partial charge in [-0.15, -0.1) is 0 Å². The molecule has 0 aromatic heterocycles. The second-order valence-electron chi connectivity index (χ2n) is 6.19. The van der Waals surface area contributed by atoms with E-state index in [0.29, 0.717) is 23.5 Å². The smallest absolute Gasteiger partial charge is 0.253 e. The fourth-order valence-corrected chi connectivity index (χ4v) is 4.18. The van der Waals surface area contributed by atoms with E-state index < -0.39 is 10.0 Å². The van der Waals surface area contributed by atoms with Gasteiger partial charge in [-0.1, -0.05) is 42.5 Å². The van der Waals surface area contributed by atoms with E-state index in [1.165, 1.54) is 4.31 Å². The van der Waals surface area contributed by atoms with Gasteiger partial charge in [-0.2, -0.15) is 0 Å². The Bertz CT molecular complexity index is 1070. The molecule has 28 heavy (non-hydrogen) atoms. The van der Waals surface area contributed by atoms with Crippen molar-refractivity contribution in [2.75, 3.05) is 10.6 Å². The highest BCUT2D eigenvalue weighted by Crippen LogP contribution is 2.31. The van der Waals surface area contributed by atoms with E-state index in [2.05, 4.69) is 27.9 Å². The number of benzene rings is 3. The lowest BCUT2D eigenvalue weighted by Crippen LogP contribution is -2.29. The predicted octanol–water partition coefficient (Wildman–Crippen LogP) is 4.32. The van der Waals surface area contributed by atoms with E-state index in [1.54, 1.807) is 48.5 Å². The van der Waals surface area contributed by atoms with Gasteiger partial charge < -0.3 is 5.32 Å². The van der Waals surface area contributed by atoms with Crippen molar-refractivity contribution in [3.8, 4) is 0 Å². The van der Waals surface area contributed by atoms with Gasteiger partial charge in [0.15, 0.2) is 0 Å². The number of amides is 1. The van der Waals surface area contributed by atoms with E-state index in [1.807, 2.05) is 30.3 Å². The Labute approximate surface area is 178 Å². The van der Waals surface area contributed by atoms with Gasteiger partial charge in [0.2, 0.25) is 10.0 Å². The third-order valence-electron chi connectivity index (χ3n) is 4.06. The van der Waals surface area contributed by atoms with Crippen LogP contribution in [0.2, 0.25) is 0 Å². The molecule has 1 N–H and O–H groups in total. The highest BCUT2D eigenvalue weighted by molar-refractivity contribution is 14.1. The molecule has 1 amide bonds. The van der Waals surface area contributed by atoms with Crippen LogP contribution in [-0.4, -0.2) is 20.6 Å². The topological polar surface area (TPSA) is 66.5 Å². The van der Waals surface area contributed by atoms with Crippen LogP contribution in [0.1, 0.15) is 15.9 Å². The van der Waals surface area contributed by atoms with Crippen LogP contribution in [0.5, 0.6) is 0 Å². The number of carbonyl (C=O) groups excluding carboxylic acids is 1. The van der Waals surface area contributed by atoms with Crippen molar-refractivity contribution in [1.82, 2.24) is 5.32 Å². The maximum atomic E-state index is 12.8. The number of para-hydroxylation sites is 2. The van der Waals surface area contributed by atoms with Crippen LogP contribution in [0.15, 0.2) is 78.9 Å². The van der Waals surface area contributed by atoms with Gasteiger partial charge in [0.05, 0.1) is 23.2 Å². The Morgan fingerprint density at radius 3 is 2.18 bits per heavy atom. The summed E-state index contributed by atoms with van der Waals surface area (Å²) in [5.41, 5.74) is 2.05. The van der Waals surface area contributed by atoms with Crippen molar-refractivity contribution >= 4 is 49.9 Å². The normalized spacial score (nSPS) is 11.1. The van der Waals surface area contributed by atoms with E-state index in [4.69, 9.17) is 0 Å². The number of anilines is 2. The summed E-state index contributed by atoms with van der Waals surface area (Å²) in [7, 11) is -3.65. The fourth-order valence-electron chi connectivity index (χ4n) is 2.80. The predicted molar refractivity (Wildman–Crippen MR) is 120 cm³/mol. The molecular formula is C21H19IN2O3S. The first kappa shape index (κ1) is 20.3. The Kier molecular flexibility index (Phi) is 6.35. The first-order valence-electron chi connectivity index (χ1n) is 8.53. The van der Waals surface area contributed by atoms with E-state index >= 15 is 0 Å². The minimum absolute atomic E-state index is 0.294. The summed E-state index contributed by atoms with van der Waals surface area (Å²) in [6.07, 6.45) is 1.13. The lowest BCUT2D eigenvalue weighted by Gasteiger charge is -2.24. The SMILES string of the molecule is CS(=O)(=O)N(c1ccccc1)c1ccccc1C(=O)NCc1ccc(I)cc1. The minimum atomic E-state index is -3.65. The van der Waals surface area contributed by atoms with Gasteiger partial charge >= 0.3 is 0 Å². The molecule has 0 atom stereocenters. The zero-order valence-corrected chi connectivity index (χ0v) is 18.1. The van der Waals surface area contributed by atoms with Gasteiger partial charge in [-0.05, 0) is 64.6 Å². The van der Waals surface area contributed by atoms with Crippen LogP contribution in [-0.2, 0) is 16.6 Å². The van der Waals surface area contributed by atoms with Crippen LogP contribution >= 0.6 is 22.6 Å². The maximum absolute atomic E-state index is 12.8. The number of halogens is 1. The molecule has 3 rings (SSSR count). The molecule has 0 bridgehead atoms. The van der Waals surface area contributed by atoms with Crippen molar-refractivity contribution in [3.05, 3.63) is 93.6 Å². The molecule has 0 radical (unpaired) electrons. The fraction of sp³-hybridized carbons (Fsp3) is 0.0952. The molecule has 0 saturated carbocycles. The van der Waals surface area contributed by atoms with Crippen molar-refractivity contribution in [1.29, 1.82) is 0 Å². The van der Waals surface area contributed by atoms with Gasteiger partial charge in [0.1, 0.15) is 0 Å². The summed E-state index contributed by atoms with van der Waals surface area (Å²) in [6.45, 7) is 0.355. The highest BCUT2D eigenvalue weighted by atomic mass is 127. The number of rotatable bonds is 6. The van der Waals surface area contributed by atoms with Crippen LogP contribution < -0.4 is 9.62 Å². The van der Waals surface area contributed by atoms with Gasteiger partial charge in [-0.3, -0.25) is 4.79 Å². The van der Waals surface area contributed by atoms with E-state index in [-0.39, 0.29) is 5.91 Å². The third-order valence-corrected chi connectivity index (χ3v) is 5.85.